The van der Waals surface area contributed by atoms with E-state index < -0.39 is 0 Å². The van der Waals surface area contributed by atoms with E-state index in [4.69, 9.17) is 4.98 Å². The number of fused-ring (bicyclic) bond motifs is 1. The molecule has 0 fully saturated rings. The first-order valence-electron chi connectivity index (χ1n) is 10.1. The van der Waals surface area contributed by atoms with Crippen molar-refractivity contribution in [1.82, 2.24) is 9.88 Å². The highest BCUT2D eigenvalue weighted by atomic mass is 32.1. The van der Waals surface area contributed by atoms with Crippen molar-refractivity contribution in [3.05, 3.63) is 58.9 Å². The van der Waals surface area contributed by atoms with Gasteiger partial charge in [-0.1, -0.05) is 43.4 Å². The van der Waals surface area contributed by atoms with Gasteiger partial charge < -0.3 is 4.90 Å². The molecule has 0 aliphatic rings. The molecule has 0 saturated carbocycles. The van der Waals surface area contributed by atoms with Crippen LogP contribution in [0.4, 0.5) is 9.52 Å². The number of benzene rings is 2. The number of nitrogens with zero attached hydrogens (tertiary/aromatic N) is 3. The molecule has 0 saturated heterocycles. The molecule has 0 bridgehead atoms. The average molecular weight is 414 g/mol. The Hall–Kier alpha value is -2.31. The molecule has 3 aromatic rings. The second-order valence-corrected chi connectivity index (χ2v) is 8.24. The van der Waals surface area contributed by atoms with E-state index in [0.717, 1.165) is 46.1 Å². The zero-order valence-corrected chi connectivity index (χ0v) is 18.4. The molecule has 0 N–H and O–H groups in total. The maximum atomic E-state index is 13.2. The van der Waals surface area contributed by atoms with Crippen LogP contribution in [-0.2, 0) is 11.2 Å². The molecular weight excluding hydrogens is 385 g/mol. The fourth-order valence-corrected chi connectivity index (χ4v) is 4.38. The Kier molecular flexibility index (Phi) is 6.98. The minimum absolute atomic E-state index is 0.0165. The molecule has 0 spiro atoms. The van der Waals surface area contributed by atoms with Gasteiger partial charge in [-0.2, -0.15) is 0 Å². The number of amides is 1. The first-order valence-corrected chi connectivity index (χ1v) is 10.9. The lowest BCUT2D eigenvalue weighted by atomic mass is 10.1. The molecule has 0 atom stereocenters. The zero-order valence-electron chi connectivity index (χ0n) is 17.5. The van der Waals surface area contributed by atoms with Gasteiger partial charge in [-0.3, -0.25) is 9.69 Å². The zero-order chi connectivity index (χ0) is 21.0. The third-order valence-electron chi connectivity index (χ3n) is 5.41. The molecule has 2 aromatic carbocycles. The van der Waals surface area contributed by atoms with Crippen molar-refractivity contribution in [1.29, 1.82) is 0 Å². The molecule has 0 aliphatic carbocycles. The minimum atomic E-state index is -0.295. The van der Waals surface area contributed by atoms with E-state index in [2.05, 4.69) is 44.7 Å². The lowest BCUT2D eigenvalue weighted by Gasteiger charge is -2.24. The van der Waals surface area contributed by atoms with E-state index in [1.807, 2.05) is 0 Å². The van der Waals surface area contributed by atoms with Gasteiger partial charge in [-0.05, 0) is 61.8 Å². The van der Waals surface area contributed by atoms with Gasteiger partial charge in [-0.25, -0.2) is 9.37 Å². The molecule has 4 nitrogen and oxygen atoms in total. The van der Waals surface area contributed by atoms with Crippen molar-refractivity contribution >= 4 is 32.6 Å². The summed E-state index contributed by atoms with van der Waals surface area (Å²) >= 11 is 1.55. The number of carbonyl (C=O) groups excluding carboxylic acids is 1. The number of rotatable bonds is 8. The number of aryl methyl sites for hydroxylation is 2. The van der Waals surface area contributed by atoms with Crippen LogP contribution in [0.3, 0.4) is 0 Å². The molecule has 1 amide bonds. The Morgan fingerprint density at radius 1 is 1.03 bits per heavy atom. The van der Waals surface area contributed by atoms with Crippen LogP contribution < -0.4 is 4.90 Å². The van der Waals surface area contributed by atoms with Crippen LogP contribution >= 0.6 is 11.3 Å². The fraction of sp³-hybridized carbons (Fsp3) is 0.391. The Labute approximate surface area is 176 Å². The summed E-state index contributed by atoms with van der Waals surface area (Å²) in [5.41, 5.74) is 4.12. The van der Waals surface area contributed by atoms with Crippen molar-refractivity contribution in [2.75, 3.05) is 31.1 Å². The van der Waals surface area contributed by atoms with Gasteiger partial charge in [0.15, 0.2) is 5.13 Å². The standard InChI is InChI=1S/C23H28FN3OS/c1-5-26(6-2)13-14-27(21(28)15-18-8-10-19(24)11-9-18)23-25-22-17(4)16(3)7-12-20(22)29-23/h7-12H,5-6,13-15H2,1-4H3. The molecule has 1 heterocycles. The molecule has 154 valence electrons. The van der Waals surface area contributed by atoms with E-state index in [-0.39, 0.29) is 18.1 Å². The van der Waals surface area contributed by atoms with Crippen molar-refractivity contribution < 1.29 is 9.18 Å². The summed E-state index contributed by atoms with van der Waals surface area (Å²) < 4.78 is 14.3. The van der Waals surface area contributed by atoms with E-state index in [9.17, 15) is 9.18 Å². The minimum Gasteiger partial charge on any atom is -0.302 e. The first kappa shape index (κ1) is 21.4. The van der Waals surface area contributed by atoms with Crippen LogP contribution in [0.15, 0.2) is 36.4 Å². The lowest BCUT2D eigenvalue weighted by molar-refractivity contribution is -0.118. The molecule has 0 unspecified atom stereocenters. The van der Waals surface area contributed by atoms with Crippen LogP contribution in [0.2, 0.25) is 0 Å². The summed E-state index contributed by atoms with van der Waals surface area (Å²) in [6.45, 7) is 11.6. The van der Waals surface area contributed by atoms with Crippen LogP contribution in [0.25, 0.3) is 10.2 Å². The Morgan fingerprint density at radius 3 is 2.38 bits per heavy atom. The monoisotopic (exact) mass is 413 g/mol. The summed E-state index contributed by atoms with van der Waals surface area (Å²) in [6.07, 6.45) is 0.229. The third-order valence-corrected chi connectivity index (χ3v) is 6.45. The molecule has 1 aromatic heterocycles. The second-order valence-electron chi connectivity index (χ2n) is 7.23. The van der Waals surface area contributed by atoms with Crippen LogP contribution in [0.5, 0.6) is 0 Å². The normalized spacial score (nSPS) is 11.4. The Bertz CT molecular complexity index is 980. The molecule has 29 heavy (non-hydrogen) atoms. The van der Waals surface area contributed by atoms with Crippen LogP contribution in [-0.4, -0.2) is 42.0 Å². The molecule has 6 heteroatoms. The van der Waals surface area contributed by atoms with Gasteiger partial charge in [-0.15, -0.1) is 0 Å². The predicted molar refractivity (Wildman–Crippen MR) is 119 cm³/mol. The number of hydrogen-bond acceptors (Lipinski definition) is 4. The second kappa shape index (κ2) is 9.46. The van der Waals surface area contributed by atoms with E-state index in [0.29, 0.717) is 6.54 Å². The Balaban J connectivity index is 1.90. The van der Waals surface area contributed by atoms with Crippen molar-refractivity contribution in [3.63, 3.8) is 0 Å². The topological polar surface area (TPSA) is 36.4 Å². The van der Waals surface area contributed by atoms with Crippen LogP contribution in [0.1, 0.15) is 30.5 Å². The number of aromatic nitrogens is 1. The lowest BCUT2D eigenvalue weighted by Crippen LogP contribution is -2.39. The number of hydrogen-bond donors (Lipinski definition) is 0. The SMILES string of the molecule is CCN(CC)CCN(C(=O)Cc1ccc(F)cc1)c1nc2c(C)c(C)ccc2s1. The maximum absolute atomic E-state index is 13.2. The van der Waals surface area contributed by atoms with Crippen molar-refractivity contribution in [2.24, 2.45) is 0 Å². The molecular formula is C23H28FN3OS. The van der Waals surface area contributed by atoms with Crippen molar-refractivity contribution in [3.8, 4) is 0 Å². The molecule has 0 aliphatic heterocycles. The summed E-state index contributed by atoms with van der Waals surface area (Å²) in [7, 11) is 0. The van der Waals surface area contributed by atoms with E-state index in [1.165, 1.54) is 17.7 Å². The highest BCUT2D eigenvalue weighted by molar-refractivity contribution is 7.22. The average Bonchev–Trinajstić information content (AvgIpc) is 3.14. The summed E-state index contributed by atoms with van der Waals surface area (Å²) in [5.74, 6) is -0.311. The number of halogens is 1. The number of anilines is 1. The number of likely N-dealkylation sites (N-methyl/N-ethyl adjacent to an activating group) is 1. The first-order chi connectivity index (χ1) is 13.9. The summed E-state index contributed by atoms with van der Waals surface area (Å²) in [5, 5.41) is 0.730. The Morgan fingerprint density at radius 2 is 1.72 bits per heavy atom. The number of carbonyl (C=O) groups is 1. The van der Waals surface area contributed by atoms with E-state index in [1.54, 1.807) is 28.4 Å². The highest BCUT2D eigenvalue weighted by Crippen LogP contribution is 2.32. The van der Waals surface area contributed by atoms with Gasteiger partial charge in [0.2, 0.25) is 5.91 Å². The van der Waals surface area contributed by atoms with Gasteiger partial charge in [0.1, 0.15) is 5.82 Å². The number of thiazole rings is 1. The van der Waals surface area contributed by atoms with Crippen molar-refractivity contribution in [2.45, 2.75) is 34.1 Å². The third kappa shape index (κ3) is 5.00. The predicted octanol–water partition coefficient (Wildman–Crippen LogP) is 4.97. The summed E-state index contributed by atoms with van der Waals surface area (Å²) in [6, 6.07) is 10.3. The van der Waals surface area contributed by atoms with Gasteiger partial charge in [0.25, 0.3) is 0 Å². The molecule has 0 radical (unpaired) electrons. The quantitative estimate of drug-likeness (QED) is 0.523. The maximum Gasteiger partial charge on any atom is 0.233 e. The van der Waals surface area contributed by atoms with Crippen LogP contribution in [0, 0.1) is 19.7 Å². The molecule has 3 rings (SSSR count). The van der Waals surface area contributed by atoms with Gasteiger partial charge in [0.05, 0.1) is 16.6 Å². The highest BCUT2D eigenvalue weighted by Gasteiger charge is 2.21. The largest absolute Gasteiger partial charge is 0.302 e. The van der Waals surface area contributed by atoms with Gasteiger partial charge in [0, 0.05) is 13.1 Å². The van der Waals surface area contributed by atoms with E-state index >= 15 is 0 Å². The smallest absolute Gasteiger partial charge is 0.233 e. The summed E-state index contributed by atoms with van der Waals surface area (Å²) in [4.78, 5) is 22.1. The van der Waals surface area contributed by atoms with Gasteiger partial charge >= 0.3 is 0 Å². The fourth-order valence-electron chi connectivity index (χ4n) is 3.31.